The molecular weight excluding hydrogens is 204 g/mol. The van der Waals surface area contributed by atoms with Gasteiger partial charge in [-0.25, -0.2) is 9.97 Å². The number of aromatic nitrogens is 3. The molecule has 3 heterocycles. The minimum Gasteiger partial charge on any atom is -0.368 e. The Morgan fingerprint density at radius 1 is 1.56 bits per heavy atom. The average molecular weight is 218 g/mol. The van der Waals surface area contributed by atoms with Crippen LogP contribution < -0.4 is 5.32 Å². The first-order valence-electron chi connectivity index (χ1n) is 5.46. The number of hydrogen-bond donors (Lipinski definition) is 1. The molecular formula is C11H14N4O. The first kappa shape index (κ1) is 9.74. The number of hydrogen-bond acceptors (Lipinski definition) is 4. The Kier molecular flexibility index (Phi) is 2.34. The number of imidazole rings is 1. The normalized spacial score (nSPS) is 21.4. The summed E-state index contributed by atoms with van der Waals surface area (Å²) in [4.78, 5) is 8.77. The molecule has 0 bridgehead atoms. The second kappa shape index (κ2) is 3.84. The maximum Gasteiger partial charge on any atom is 0.178 e. The van der Waals surface area contributed by atoms with E-state index in [0.717, 1.165) is 36.7 Å². The van der Waals surface area contributed by atoms with Gasteiger partial charge >= 0.3 is 0 Å². The van der Waals surface area contributed by atoms with Crippen LogP contribution in [0.25, 0.3) is 11.2 Å². The van der Waals surface area contributed by atoms with Crippen LogP contribution in [-0.4, -0.2) is 34.2 Å². The highest BCUT2D eigenvalue weighted by Crippen LogP contribution is 2.21. The highest BCUT2D eigenvalue weighted by Gasteiger charge is 2.21. The lowest BCUT2D eigenvalue weighted by molar-refractivity contribution is 0.0208. The topological polar surface area (TPSA) is 52.0 Å². The molecule has 1 saturated heterocycles. The highest BCUT2D eigenvalue weighted by atomic mass is 16.5. The number of pyridine rings is 1. The van der Waals surface area contributed by atoms with Crippen molar-refractivity contribution in [3.05, 3.63) is 24.2 Å². The Morgan fingerprint density at radius 3 is 3.25 bits per heavy atom. The van der Waals surface area contributed by atoms with Crippen LogP contribution in [-0.2, 0) is 11.8 Å². The molecule has 2 aromatic heterocycles. The van der Waals surface area contributed by atoms with Crippen LogP contribution in [0.2, 0.25) is 0 Å². The fourth-order valence-electron chi connectivity index (χ4n) is 2.06. The smallest absolute Gasteiger partial charge is 0.178 e. The Hall–Kier alpha value is -1.46. The van der Waals surface area contributed by atoms with Gasteiger partial charge < -0.3 is 14.6 Å². The second-order valence-electron chi connectivity index (χ2n) is 3.94. The van der Waals surface area contributed by atoms with Gasteiger partial charge in [0.25, 0.3) is 0 Å². The van der Waals surface area contributed by atoms with Crippen LogP contribution in [0, 0.1) is 0 Å². The fraction of sp³-hybridized carbons (Fsp3) is 0.455. The van der Waals surface area contributed by atoms with Crippen molar-refractivity contribution in [1.82, 2.24) is 19.9 Å². The van der Waals surface area contributed by atoms with Gasteiger partial charge in [0.15, 0.2) is 5.65 Å². The summed E-state index contributed by atoms with van der Waals surface area (Å²) >= 11 is 0. The summed E-state index contributed by atoms with van der Waals surface area (Å²) in [5, 5.41) is 3.31. The van der Waals surface area contributed by atoms with E-state index in [4.69, 9.17) is 4.74 Å². The zero-order valence-corrected chi connectivity index (χ0v) is 9.18. The molecule has 0 saturated carbocycles. The Balaban J connectivity index is 2.05. The monoisotopic (exact) mass is 218 g/mol. The van der Waals surface area contributed by atoms with Crippen molar-refractivity contribution in [2.75, 3.05) is 19.7 Å². The molecule has 1 N–H and O–H groups in total. The number of rotatable bonds is 1. The van der Waals surface area contributed by atoms with E-state index >= 15 is 0 Å². The standard InChI is InChI=1S/C11H14N4O/c1-15-8-3-2-4-13-10(8)14-11(15)9-7-12-5-6-16-9/h2-4,9,12H,5-7H2,1H3. The van der Waals surface area contributed by atoms with Gasteiger partial charge in [-0.15, -0.1) is 0 Å². The van der Waals surface area contributed by atoms with Gasteiger partial charge in [-0.05, 0) is 12.1 Å². The molecule has 0 aliphatic carbocycles. The fourth-order valence-corrected chi connectivity index (χ4v) is 2.06. The van der Waals surface area contributed by atoms with Gasteiger partial charge in [0, 0.05) is 26.3 Å². The summed E-state index contributed by atoms with van der Waals surface area (Å²) in [6.45, 7) is 2.47. The summed E-state index contributed by atoms with van der Waals surface area (Å²) < 4.78 is 7.76. The molecule has 5 heteroatoms. The molecule has 16 heavy (non-hydrogen) atoms. The van der Waals surface area contributed by atoms with E-state index in [-0.39, 0.29) is 6.10 Å². The van der Waals surface area contributed by atoms with Gasteiger partial charge in [-0.3, -0.25) is 0 Å². The van der Waals surface area contributed by atoms with E-state index in [0.29, 0.717) is 0 Å². The van der Waals surface area contributed by atoms with Crippen LogP contribution in [0.3, 0.4) is 0 Å². The number of fused-ring (bicyclic) bond motifs is 1. The molecule has 2 aromatic rings. The lowest BCUT2D eigenvalue weighted by atomic mass is 10.3. The van der Waals surface area contributed by atoms with Gasteiger partial charge in [0.1, 0.15) is 11.9 Å². The van der Waals surface area contributed by atoms with Crippen LogP contribution in [0.4, 0.5) is 0 Å². The minimum atomic E-state index is 0.0351. The number of nitrogens with zero attached hydrogens (tertiary/aromatic N) is 3. The molecule has 0 spiro atoms. The van der Waals surface area contributed by atoms with Crippen molar-refractivity contribution < 1.29 is 4.74 Å². The summed E-state index contributed by atoms with van der Waals surface area (Å²) in [5.74, 6) is 0.945. The van der Waals surface area contributed by atoms with Crippen LogP contribution >= 0.6 is 0 Å². The average Bonchev–Trinajstić information content (AvgIpc) is 2.69. The largest absolute Gasteiger partial charge is 0.368 e. The molecule has 1 atom stereocenters. The molecule has 3 rings (SSSR count). The van der Waals surface area contributed by atoms with Crippen LogP contribution in [0.15, 0.2) is 18.3 Å². The zero-order valence-electron chi connectivity index (χ0n) is 9.18. The lowest BCUT2D eigenvalue weighted by Gasteiger charge is -2.22. The molecule has 1 fully saturated rings. The van der Waals surface area contributed by atoms with Crippen molar-refractivity contribution >= 4 is 11.2 Å². The minimum absolute atomic E-state index is 0.0351. The van der Waals surface area contributed by atoms with Crippen molar-refractivity contribution in [1.29, 1.82) is 0 Å². The Bertz CT molecular complexity index is 502. The van der Waals surface area contributed by atoms with Crippen molar-refractivity contribution in [3.63, 3.8) is 0 Å². The first-order valence-corrected chi connectivity index (χ1v) is 5.46. The first-order chi connectivity index (χ1) is 7.86. The maximum absolute atomic E-state index is 5.70. The van der Waals surface area contributed by atoms with Crippen molar-refractivity contribution in [3.8, 4) is 0 Å². The second-order valence-corrected chi connectivity index (χ2v) is 3.94. The van der Waals surface area contributed by atoms with E-state index < -0.39 is 0 Å². The zero-order chi connectivity index (χ0) is 11.0. The predicted molar refractivity (Wildman–Crippen MR) is 60.1 cm³/mol. The molecule has 84 valence electrons. The summed E-state index contributed by atoms with van der Waals surface area (Å²) in [6.07, 6.45) is 1.80. The predicted octanol–water partition coefficient (Wildman–Crippen LogP) is 0.629. The summed E-state index contributed by atoms with van der Waals surface area (Å²) in [7, 11) is 2.00. The van der Waals surface area contributed by atoms with E-state index in [1.807, 2.05) is 19.2 Å². The SMILES string of the molecule is Cn1c(C2CNCCO2)nc2ncccc21. The van der Waals surface area contributed by atoms with Gasteiger partial charge in [0.05, 0.1) is 12.1 Å². The number of aryl methyl sites for hydroxylation is 1. The van der Waals surface area contributed by atoms with Gasteiger partial charge in [-0.1, -0.05) is 0 Å². The molecule has 1 aliphatic rings. The molecule has 0 aromatic carbocycles. The third kappa shape index (κ3) is 1.48. The summed E-state index contributed by atoms with van der Waals surface area (Å²) in [5.41, 5.74) is 1.83. The molecule has 1 unspecified atom stereocenters. The summed E-state index contributed by atoms with van der Waals surface area (Å²) in [6, 6.07) is 3.95. The maximum atomic E-state index is 5.70. The van der Waals surface area contributed by atoms with E-state index in [2.05, 4.69) is 19.9 Å². The van der Waals surface area contributed by atoms with Crippen LogP contribution in [0.1, 0.15) is 11.9 Å². The van der Waals surface area contributed by atoms with Gasteiger partial charge in [0.2, 0.25) is 0 Å². The number of morpholine rings is 1. The van der Waals surface area contributed by atoms with E-state index in [1.165, 1.54) is 0 Å². The highest BCUT2D eigenvalue weighted by molar-refractivity contribution is 5.71. The van der Waals surface area contributed by atoms with E-state index in [1.54, 1.807) is 6.20 Å². The molecule has 5 nitrogen and oxygen atoms in total. The quantitative estimate of drug-likeness (QED) is 0.762. The number of ether oxygens (including phenoxy) is 1. The molecule has 0 amide bonds. The Morgan fingerprint density at radius 2 is 2.50 bits per heavy atom. The van der Waals surface area contributed by atoms with Crippen molar-refractivity contribution in [2.24, 2.45) is 7.05 Å². The van der Waals surface area contributed by atoms with E-state index in [9.17, 15) is 0 Å². The van der Waals surface area contributed by atoms with Crippen LogP contribution in [0.5, 0.6) is 0 Å². The lowest BCUT2D eigenvalue weighted by Crippen LogP contribution is -2.34. The molecule has 0 radical (unpaired) electrons. The number of nitrogens with one attached hydrogen (secondary N) is 1. The third-order valence-electron chi connectivity index (χ3n) is 2.91. The Labute approximate surface area is 93.5 Å². The molecule has 1 aliphatic heterocycles. The third-order valence-corrected chi connectivity index (χ3v) is 2.91. The van der Waals surface area contributed by atoms with Gasteiger partial charge in [-0.2, -0.15) is 0 Å². The van der Waals surface area contributed by atoms with Crippen molar-refractivity contribution in [2.45, 2.75) is 6.10 Å².